The van der Waals surface area contributed by atoms with Crippen LogP contribution in [0.2, 0.25) is 0 Å². The molecular weight excluding hydrogens is 266 g/mol. The molecule has 3 aromatic rings. The molecule has 2 aromatic heterocycles. The molecule has 0 fully saturated rings. The average Bonchev–Trinajstić information content (AvgIpc) is 3.04. The fraction of sp³-hybridized carbons (Fsp3) is 0.133. The summed E-state index contributed by atoms with van der Waals surface area (Å²) < 4.78 is 1.61. The van der Waals surface area contributed by atoms with E-state index in [1.54, 1.807) is 23.3 Å². The second-order valence-electron chi connectivity index (χ2n) is 4.60. The van der Waals surface area contributed by atoms with Crippen molar-refractivity contribution in [2.75, 3.05) is 0 Å². The van der Waals surface area contributed by atoms with Crippen LogP contribution in [0.15, 0.2) is 55.2 Å². The predicted octanol–water partition coefficient (Wildman–Crippen LogP) is 1.66. The number of para-hydroxylation sites is 1. The topological polar surface area (TPSA) is 75.9 Å². The first-order valence-electron chi connectivity index (χ1n) is 6.60. The summed E-state index contributed by atoms with van der Waals surface area (Å²) >= 11 is 0. The van der Waals surface area contributed by atoms with Crippen LogP contribution in [0, 0.1) is 0 Å². The fourth-order valence-corrected chi connectivity index (χ4v) is 1.99. The summed E-state index contributed by atoms with van der Waals surface area (Å²) in [6, 6.07) is 11.2. The highest BCUT2D eigenvalue weighted by Crippen LogP contribution is 2.15. The number of nitrogens with one attached hydrogen (secondary N) is 1. The Morgan fingerprint density at radius 2 is 2.00 bits per heavy atom. The van der Waals surface area contributed by atoms with Gasteiger partial charge in [0.1, 0.15) is 18.4 Å². The van der Waals surface area contributed by atoms with Crippen molar-refractivity contribution in [3.63, 3.8) is 0 Å². The summed E-state index contributed by atoms with van der Waals surface area (Å²) in [5, 5.41) is 17.0. The predicted molar refractivity (Wildman–Crippen MR) is 77.8 cm³/mol. The first kappa shape index (κ1) is 13.3. The lowest BCUT2D eigenvalue weighted by Crippen LogP contribution is -2.13. The van der Waals surface area contributed by atoms with Crippen LogP contribution in [-0.2, 0) is 13.1 Å². The molecule has 0 aliphatic rings. The highest BCUT2D eigenvalue weighted by molar-refractivity contribution is 5.31. The molecule has 0 aliphatic carbocycles. The number of phenolic OH excluding ortho intramolecular Hbond substituents is 1. The van der Waals surface area contributed by atoms with Crippen molar-refractivity contribution in [1.29, 1.82) is 0 Å². The zero-order valence-corrected chi connectivity index (χ0v) is 11.3. The molecule has 0 saturated heterocycles. The first-order valence-corrected chi connectivity index (χ1v) is 6.60. The zero-order chi connectivity index (χ0) is 14.5. The molecule has 0 atom stereocenters. The normalized spacial score (nSPS) is 10.7. The van der Waals surface area contributed by atoms with E-state index in [-0.39, 0.29) is 0 Å². The van der Waals surface area contributed by atoms with E-state index in [2.05, 4.69) is 20.4 Å². The average molecular weight is 281 g/mol. The number of rotatable bonds is 5. The Labute approximate surface area is 122 Å². The number of aromatic nitrogens is 4. The van der Waals surface area contributed by atoms with Gasteiger partial charge in [-0.2, -0.15) is 5.10 Å². The molecule has 0 unspecified atom stereocenters. The summed E-state index contributed by atoms with van der Waals surface area (Å²) in [4.78, 5) is 8.22. The number of hydrogen-bond acceptors (Lipinski definition) is 5. The molecule has 2 heterocycles. The van der Waals surface area contributed by atoms with Gasteiger partial charge >= 0.3 is 0 Å². The maximum atomic E-state index is 9.68. The molecule has 0 saturated carbocycles. The van der Waals surface area contributed by atoms with Crippen LogP contribution in [0.25, 0.3) is 5.82 Å². The summed E-state index contributed by atoms with van der Waals surface area (Å²) in [6.07, 6.45) is 4.89. The Hall–Kier alpha value is -2.73. The van der Waals surface area contributed by atoms with Gasteiger partial charge < -0.3 is 10.4 Å². The molecule has 0 bridgehead atoms. The second kappa shape index (κ2) is 6.15. The Morgan fingerprint density at radius 1 is 1.10 bits per heavy atom. The van der Waals surface area contributed by atoms with Crippen LogP contribution >= 0.6 is 0 Å². The highest BCUT2D eigenvalue weighted by Gasteiger charge is 2.01. The minimum Gasteiger partial charge on any atom is -0.508 e. The van der Waals surface area contributed by atoms with Crippen LogP contribution in [0.1, 0.15) is 11.1 Å². The van der Waals surface area contributed by atoms with Crippen LogP contribution in [-0.4, -0.2) is 24.9 Å². The van der Waals surface area contributed by atoms with Gasteiger partial charge in [0.05, 0.1) is 0 Å². The van der Waals surface area contributed by atoms with Gasteiger partial charge in [-0.25, -0.2) is 14.6 Å². The van der Waals surface area contributed by atoms with Crippen molar-refractivity contribution in [2.24, 2.45) is 0 Å². The summed E-state index contributed by atoms with van der Waals surface area (Å²) in [6.45, 7) is 1.29. The smallest absolute Gasteiger partial charge is 0.155 e. The Balaban J connectivity index is 1.58. The SMILES string of the molecule is Oc1ccccc1CNCc1ccc(-n2cncn2)nc1. The fourth-order valence-electron chi connectivity index (χ4n) is 1.99. The van der Waals surface area contributed by atoms with Gasteiger partial charge in [0.2, 0.25) is 0 Å². The largest absolute Gasteiger partial charge is 0.508 e. The third-order valence-corrected chi connectivity index (χ3v) is 3.10. The number of pyridine rings is 1. The van der Waals surface area contributed by atoms with Crippen LogP contribution in [0.4, 0.5) is 0 Å². The minimum absolute atomic E-state index is 0.310. The molecule has 0 spiro atoms. The van der Waals surface area contributed by atoms with E-state index in [0.717, 1.165) is 16.9 Å². The third-order valence-electron chi connectivity index (χ3n) is 3.10. The maximum absolute atomic E-state index is 9.68. The molecule has 0 amide bonds. The molecule has 21 heavy (non-hydrogen) atoms. The standard InChI is InChI=1S/C15H15N5O/c21-14-4-2-1-3-13(14)9-16-7-12-5-6-15(18-8-12)20-11-17-10-19-20/h1-6,8,10-11,16,21H,7,9H2. The number of phenols is 1. The lowest BCUT2D eigenvalue weighted by molar-refractivity contribution is 0.464. The number of nitrogens with zero attached hydrogens (tertiary/aromatic N) is 4. The Morgan fingerprint density at radius 3 is 2.71 bits per heavy atom. The van der Waals surface area contributed by atoms with Crippen molar-refractivity contribution >= 4 is 0 Å². The van der Waals surface area contributed by atoms with E-state index in [9.17, 15) is 5.11 Å². The van der Waals surface area contributed by atoms with E-state index in [4.69, 9.17) is 0 Å². The number of hydrogen-bond donors (Lipinski definition) is 2. The lowest BCUT2D eigenvalue weighted by Gasteiger charge is -2.07. The first-order chi connectivity index (χ1) is 10.3. The minimum atomic E-state index is 0.310. The summed E-state index contributed by atoms with van der Waals surface area (Å²) in [5.41, 5.74) is 1.94. The van der Waals surface area contributed by atoms with Crippen molar-refractivity contribution < 1.29 is 5.11 Å². The van der Waals surface area contributed by atoms with Crippen LogP contribution in [0.5, 0.6) is 5.75 Å². The maximum Gasteiger partial charge on any atom is 0.155 e. The molecule has 1 aromatic carbocycles. The Kier molecular flexibility index (Phi) is 3.88. The molecule has 0 radical (unpaired) electrons. The molecular formula is C15H15N5O. The zero-order valence-electron chi connectivity index (χ0n) is 11.3. The van der Waals surface area contributed by atoms with Gasteiger partial charge in [0, 0.05) is 24.8 Å². The van der Waals surface area contributed by atoms with Crippen LogP contribution in [0.3, 0.4) is 0 Å². The van der Waals surface area contributed by atoms with E-state index in [0.29, 0.717) is 18.8 Å². The van der Waals surface area contributed by atoms with Crippen molar-refractivity contribution in [2.45, 2.75) is 13.1 Å². The molecule has 2 N–H and O–H groups in total. The molecule has 6 nitrogen and oxygen atoms in total. The van der Waals surface area contributed by atoms with E-state index >= 15 is 0 Å². The van der Waals surface area contributed by atoms with Gasteiger partial charge in [0.25, 0.3) is 0 Å². The van der Waals surface area contributed by atoms with E-state index in [1.165, 1.54) is 6.33 Å². The van der Waals surface area contributed by atoms with Crippen molar-refractivity contribution in [1.82, 2.24) is 25.1 Å². The van der Waals surface area contributed by atoms with Gasteiger partial charge in [-0.05, 0) is 17.7 Å². The van der Waals surface area contributed by atoms with E-state index in [1.807, 2.05) is 30.3 Å². The van der Waals surface area contributed by atoms with E-state index < -0.39 is 0 Å². The number of aromatic hydroxyl groups is 1. The van der Waals surface area contributed by atoms with Gasteiger partial charge in [-0.3, -0.25) is 0 Å². The van der Waals surface area contributed by atoms with Crippen LogP contribution < -0.4 is 5.32 Å². The van der Waals surface area contributed by atoms with Crippen molar-refractivity contribution in [3.8, 4) is 11.6 Å². The molecule has 106 valence electrons. The molecule has 0 aliphatic heterocycles. The Bertz CT molecular complexity index is 694. The van der Waals surface area contributed by atoms with Crippen molar-refractivity contribution in [3.05, 3.63) is 66.4 Å². The summed E-state index contributed by atoms with van der Waals surface area (Å²) in [5.74, 6) is 1.04. The second-order valence-corrected chi connectivity index (χ2v) is 4.60. The third kappa shape index (κ3) is 3.24. The highest BCUT2D eigenvalue weighted by atomic mass is 16.3. The van der Waals surface area contributed by atoms with Gasteiger partial charge in [-0.1, -0.05) is 24.3 Å². The monoisotopic (exact) mass is 281 g/mol. The number of benzene rings is 1. The molecule has 3 rings (SSSR count). The lowest BCUT2D eigenvalue weighted by atomic mass is 10.2. The molecule has 6 heteroatoms. The van der Waals surface area contributed by atoms with Gasteiger partial charge in [-0.15, -0.1) is 0 Å². The quantitative estimate of drug-likeness (QED) is 0.744. The summed E-state index contributed by atoms with van der Waals surface area (Å²) in [7, 11) is 0. The van der Waals surface area contributed by atoms with Gasteiger partial charge in [0.15, 0.2) is 5.82 Å².